The standard InChI is InChI=1S/C10H15NO2/c1-2-5-11-7-10(12)9-4-3-6-13-8-9/h2,8,11H,1,3-7H2. The van der Waals surface area contributed by atoms with Crippen molar-refractivity contribution in [1.29, 1.82) is 0 Å². The predicted octanol–water partition coefficient (Wildman–Crippen LogP) is 1.03. The smallest absolute Gasteiger partial charge is 0.175 e. The zero-order chi connectivity index (χ0) is 9.52. The van der Waals surface area contributed by atoms with Crippen LogP contribution in [0.15, 0.2) is 24.5 Å². The van der Waals surface area contributed by atoms with Crippen molar-refractivity contribution in [3.05, 3.63) is 24.5 Å². The summed E-state index contributed by atoms with van der Waals surface area (Å²) in [5.41, 5.74) is 0.794. The molecular formula is C10H15NO2. The highest BCUT2D eigenvalue weighted by atomic mass is 16.5. The third kappa shape index (κ3) is 3.42. The summed E-state index contributed by atoms with van der Waals surface area (Å²) in [7, 11) is 0. The summed E-state index contributed by atoms with van der Waals surface area (Å²) in [6.07, 6.45) is 5.11. The number of carbonyl (C=O) groups excluding carboxylic acids is 1. The summed E-state index contributed by atoms with van der Waals surface area (Å²) in [6, 6.07) is 0. The minimum Gasteiger partial charge on any atom is -0.501 e. The molecule has 0 aromatic heterocycles. The zero-order valence-electron chi connectivity index (χ0n) is 7.71. The van der Waals surface area contributed by atoms with Crippen LogP contribution in [0.5, 0.6) is 0 Å². The number of ketones is 1. The average molecular weight is 181 g/mol. The molecule has 0 fully saturated rings. The maximum Gasteiger partial charge on any atom is 0.175 e. The van der Waals surface area contributed by atoms with Crippen molar-refractivity contribution in [3.8, 4) is 0 Å². The summed E-state index contributed by atoms with van der Waals surface area (Å²) in [6.45, 7) is 5.33. The SMILES string of the molecule is C=CCNCC(=O)C1=COCCC1. The molecule has 1 N–H and O–H groups in total. The largest absolute Gasteiger partial charge is 0.501 e. The number of ether oxygens (including phenoxy) is 1. The van der Waals surface area contributed by atoms with Gasteiger partial charge in [-0.2, -0.15) is 0 Å². The monoisotopic (exact) mass is 181 g/mol. The second kappa shape index (κ2) is 5.54. The van der Waals surface area contributed by atoms with Crippen LogP contribution in [0, 0.1) is 0 Å². The van der Waals surface area contributed by atoms with Gasteiger partial charge in [-0.1, -0.05) is 6.08 Å². The fraction of sp³-hybridized carbons (Fsp3) is 0.500. The van der Waals surface area contributed by atoms with Crippen molar-refractivity contribution in [2.75, 3.05) is 19.7 Å². The van der Waals surface area contributed by atoms with E-state index in [0.29, 0.717) is 13.1 Å². The van der Waals surface area contributed by atoms with Crippen molar-refractivity contribution in [2.45, 2.75) is 12.8 Å². The van der Waals surface area contributed by atoms with Crippen LogP contribution in [0.2, 0.25) is 0 Å². The highest BCUT2D eigenvalue weighted by Crippen LogP contribution is 2.11. The molecule has 0 aromatic carbocycles. The van der Waals surface area contributed by atoms with E-state index in [0.717, 1.165) is 25.0 Å². The Balaban J connectivity index is 2.29. The Labute approximate surface area is 78.5 Å². The molecule has 0 radical (unpaired) electrons. The van der Waals surface area contributed by atoms with Crippen LogP contribution in [0.4, 0.5) is 0 Å². The summed E-state index contributed by atoms with van der Waals surface area (Å²) < 4.78 is 5.08. The number of rotatable bonds is 5. The predicted molar refractivity (Wildman–Crippen MR) is 51.3 cm³/mol. The van der Waals surface area contributed by atoms with Gasteiger partial charge in [0, 0.05) is 12.1 Å². The molecule has 72 valence electrons. The summed E-state index contributed by atoms with van der Waals surface area (Å²) in [5, 5.41) is 2.97. The first-order chi connectivity index (χ1) is 6.34. The fourth-order valence-corrected chi connectivity index (χ4v) is 1.17. The van der Waals surface area contributed by atoms with Crippen LogP contribution >= 0.6 is 0 Å². The lowest BCUT2D eigenvalue weighted by atomic mass is 10.1. The van der Waals surface area contributed by atoms with Gasteiger partial charge < -0.3 is 10.1 Å². The number of carbonyl (C=O) groups is 1. The zero-order valence-corrected chi connectivity index (χ0v) is 7.71. The Kier molecular flexibility index (Phi) is 4.26. The van der Waals surface area contributed by atoms with Gasteiger partial charge in [0.2, 0.25) is 0 Å². The van der Waals surface area contributed by atoms with E-state index >= 15 is 0 Å². The molecule has 1 aliphatic rings. The normalized spacial score (nSPS) is 15.8. The molecule has 0 amide bonds. The third-order valence-electron chi connectivity index (χ3n) is 1.87. The number of hydrogen-bond acceptors (Lipinski definition) is 3. The molecule has 1 heterocycles. The maximum atomic E-state index is 11.4. The summed E-state index contributed by atoms with van der Waals surface area (Å²) in [4.78, 5) is 11.4. The second-order valence-electron chi connectivity index (χ2n) is 2.96. The van der Waals surface area contributed by atoms with E-state index in [1.807, 2.05) is 0 Å². The Morgan fingerprint density at radius 2 is 2.62 bits per heavy atom. The minimum atomic E-state index is 0.126. The van der Waals surface area contributed by atoms with Gasteiger partial charge in [-0.3, -0.25) is 4.79 Å². The van der Waals surface area contributed by atoms with Gasteiger partial charge in [0.25, 0.3) is 0 Å². The van der Waals surface area contributed by atoms with Gasteiger partial charge in [-0.15, -0.1) is 6.58 Å². The van der Waals surface area contributed by atoms with Crippen molar-refractivity contribution in [2.24, 2.45) is 0 Å². The number of Topliss-reactive ketones (excluding diaryl/α,β-unsaturated/α-hetero) is 1. The Morgan fingerprint density at radius 3 is 3.23 bits per heavy atom. The lowest BCUT2D eigenvalue weighted by Crippen LogP contribution is -2.25. The van der Waals surface area contributed by atoms with Gasteiger partial charge in [-0.05, 0) is 12.8 Å². The quantitative estimate of drug-likeness (QED) is 0.508. The second-order valence-corrected chi connectivity index (χ2v) is 2.96. The molecule has 0 atom stereocenters. The van der Waals surface area contributed by atoms with Crippen LogP contribution in [0.25, 0.3) is 0 Å². The first kappa shape index (κ1) is 9.99. The van der Waals surface area contributed by atoms with Crippen molar-refractivity contribution < 1.29 is 9.53 Å². The Bertz CT molecular complexity index is 221. The van der Waals surface area contributed by atoms with Crippen LogP contribution in [-0.4, -0.2) is 25.5 Å². The minimum absolute atomic E-state index is 0.126. The first-order valence-electron chi connectivity index (χ1n) is 4.50. The van der Waals surface area contributed by atoms with E-state index in [-0.39, 0.29) is 5.78 Å². The molecule has 3 nitrogen and oxygen atoms in total. The molecule has 0 spiro atoms. The first-order valence-corrected chi connectivity index (χ1v) is 4.50. The number of hydrogen-bond donors (Lipinski definition) is 1. The van der Waals surface area contributed by atoms with E-state index in [1.165, 1.54) is 0 Å². The van der Waals surface area contributed by atoms with Crippen molar-refractivity contribution in [1.82, 2.24) is 5.32 Å². The summed E-state index contributed by atoms with van der Waals surface area (Å²) >= 11 is 0. The fourth-order valence-electron chi connectivity index (χ4n) is 1.17. The highest BCUT2D eigenvalue weighted by molar-refractivity contribution is 5.96. The molecule has 0 aliphatic carbocycles. The molecule has 3 heteroatoms. The molecule has 0 saturated heterocycles. The van der Waals surface area contributed by atoms with E-state index in [9.17, 15) is 4.79 Å². The van der Waals surface area contributed by atoms with E-state index < -0.39 is 0 Å². The highest BCUT2D eigenvalue weighted by Gasteiger charge is 2.11. The van der Waals surface area contributed by atoms with Crippen LogP contribution in [0.3, 0.4) is 0 Å². The molecule has 13 heavy (non-hydrogen) atoms. The third-order valence-corrected chi connectivity index (χ3v) is 1.87. The van der Waals surface area contributed by atoms with Crippen LogP contribution in [0.1, 0.15) is 12.8 Å². The Morgan fingerprint density at radius 1 is 1.77 bits per heavy atom. The van der Waals surface area contributed by atoms with Gasteiger partial charge in [0.1, 0.15) is 0 Å². The van der Waals surface area contributed by atoms with Crippen molar-refractivity contribution in [3.63, 3.8) is 0 Å². The molecule has 1 rings (SSSR count). The molecule has 0 bridgehead atoms. The van der Waals surface area contributed by atoms with Gasteiger partial charge >= 0.3 is 0 Å². The lowest BCUT2D eigenvalue weighted by Gasteiger charge is -2.12. The average Bonchev–Trinajstić information content (AvgIpc) is 2.19. The van der Waals surface area contributed by atoms with Gasteiger partial charge in [0.05, 0.1) is 19.4 Å². The summed E-state index contributed by atoms with van der Waals surface area (Å²) in [5.74, 6) is 0.126. The van der Waals surface area contributed by atoms with Crippen molar-refractivity contribution >= 4 is 5.78 Å². The van der Waals surface area contributed by atoms with Gasteiger partial charge in [0.15, 0.2) is 5.78 Å². The van der Waals surface area contributed by atoms with Crippen LogP contribution < -0.4 is 5.32 Å². The van der Waals surface area contributed by atoms with E-state index in [2.05, 4.69) is 11.9 Å². The molecule has 0 saturated carbocycles. The van der Waals surface area contributed by atoms with E-state index in [1.54, 1.807) is 12.3 Å². The molecular weight excluding hydrogens is 166 g/mol. The molecule has 0 unspecified atom stereocenters. The molecule has 0 aromatic rings. The maximum absolute atomic E-state index is 11.4. The molecule has 1 aliphatic heterocycles. The van der Waals surface area contributed by atoms with Crippen LogP contribution in [-0.2, 0) is 9.53 Å². The Hall–Kier alpha value is -1.09. The number of nitrogens with one attached hydrogen (secondary N) is 1. The topological polar surface area (TPSA) is 38.3 Å². The van der Waals surface area contributed by atoms with E-state index in [4.69, 9.17) is 4.74 Å². The lowest BCUT2D eigenvalue weighted by molar-refractivity contribution is -0.115. The van der Waals surface area contributed by atoms with Gasteiger partial charge in [-0.25, -0.2) is 0 Å².